The second-order valence-corrected chi connectivity index (χ2v) is 9.78. The summed E-state index contributed by atoms with van der Waals surface area (Å²) in [6.07, 6.45) is 5.29. The van der Waals surface area contributed by atoms with Gasteiger partial charge in [0.1, 0.15) is 27.1 Å². The molecule has 4 heterocycles. The molecule has 1 aliphatic carbocycles. The van der Waals surface area contributed by atoms with E-state index in [1.807, 2.05) is 0 Å². The number of fused-ring (bicyclic) bond motifs is 1. The first kappa shape index (κ1) is 19.7. The third kappa shape index (κ3) is 2.79. The van der Waals surface area contributed by atoms with Gasteiger partial charge in [-0.3, -0.25) is 0 Å². The lowest BCUT2D eigenvalue weighted by Gasteiger charge is -2.25. The van der Waals surface area contributed by atoms with Crippen LogP contribution in [0.25, 0.3) is 22.2 Å². The Morgan fingerprint density at radius 1 is 1.16 bits per heavy atom. The molecule has 7 nitrogen and oxygen atoms in total. The van der Waals surface area contributed by atoms with Crippen LogP contribution in [0.5, 0.6) is 0 Å². The van der Waals surface area contributed by atoms with Gasteiger partial charge in [-0.25, -0.2) is 19.3 Å². The van der Waals surface area contributed by atoms with Crippen molar-refractivity contribution >= 4 is 33.7 Å². The Morgan fingerprint density at radius 2 is 1.84 bits per heavy atom. The first-order valence-corrected chi connectivity index (χ1v) is 11.9. The smallest absolute Gasteiger partial charge is 0.195 e. The Bertz CT molecular complexity index is 1380. The van der Waals surface area contributed by atoms with Gasteiger partial charge in [0.25, 0.3) is 0 Å². The van der Waals surface area contributed by atoms with E-state index in [1.54, 1.807) is 43.1 Å². The summed E-state index contributed by atoms with van der Waals surface area (Å²) >= 11 is 2.63. The summed E-state index contributed by atoms with van der Waals surface area (Å²) in [6.45, 7) is 3.51. The highest BCUT2D eigenvalue weighted by molar-refractivity contribution is 7.11. The predicted octanol–water partition coefficient (Wildman–Crippen LogP) is 5.05. The molecule has 10 heteroatoms. The van der Waals surface area contributed by atoms with Crippen LogP contribution in [0.2, 0.25) is 0 Å². The number of thiazole rings is 2. The average molecular weight is 468 g/mol. The molecule has 0 atom stereocenters. The van der Waals surface area contributed by atoms with Crippen LogP contribution in [0, 0.1) is 19.7 Å². The number of rotatable bonds is 5. The molecule has 0 spiro atoms. The van der Waals surface area contributed by atoms with Gasteiger partial charge in [-0.2, -0.15) is 0 Å². The van der Waals surface area contributed by atoms with Crippen molar-refractivity contribution in [2.45, 2.75) is 38.2 Å². The number of imidazole rings is 1. The van der Waals surface area contributed by atoms with Gasteiger partial charge in [-0.15, -0.1) is 22.7 Å². The molecule has 1 aromatic carbocycles. The minimum atomic E-state index is -1.68. The van der Waals surface area contributed by atoms with Crippen LogP contribution in [0.1, 0.15) is 51.6 Å². The van der Waals surface area contributed by atoms with E-state index in [-0.39, 0.29) is 11.4 Å². The molecule has 1 aliphatic rings. The number of H-pyrrole nitrogens is 1. The maximum absolute atomic E-state index is 15.9. The lowest BCUT2D eigenvalue weighted by molar-refractivity contribution is 0.126. The summed E-state index contributed by atoms with van der Waals surface area (Å²) in [5, 5.41) is 20.7. The van der Waals surface area contributed by atoms with Gasteiger partial charge < -0.3 is 14.6 Å². The molecule has 1 fully saturated rings. The summed E-state index contributed by atoms with van der Waals surface area (Å²) in [7, 11) is 0. The van der Waals surface area contributed by atoms with Crippen LogP contribution in [-0.4, -0.2) is 30.2 Å². The number of nitrogens with zero attached hydrogens (tertiary/aromatic N) is 4. The van der Waals surface area contributed by atoms with Crippen molar-refractivity contribution in [1.29, 1.82) is 0 Å². The van der Waals surface area contributed by atoms with E-state index in [2.05, 4.69) is 20.1 Å². The minimum absolute atomic E-state index is 0.255. The molecule has 32 heavy (non-hydrogen) atoms. The van der Waals surface area contributed by atoms with Crippen LogP contribution in [0.3, 0.4) is 0 Å². The van der Waals surface area contributed by atoms with E-state index in [1.165, 1.54) is 22.7 Å². The molecule has 0 unspecified atom stereocenters. The van der Waals surface area contributed by atoms with Crippen molar-refractivity contribution < 1.29 is 14.0 Å². The topological polar surface area (TPSA) is 101 Å². The number of halogens is 1. The Hall–Kier alpha value is -2.95. The maximum atomic E-state index is 15.9. The van der Waals surface area contributed by atoms with Crippen molar-refractivity contribution in [2.24, 2.45) is 0 Å². The van der Waals surface area contributed by atoms with Gasteiger partial charge >= 0.3 is 0 Å². The van der Waals surface area contributed by atoms with Gasteiger partial charge in [0.15, 0.2) is 11.4 Å². The molecule has 0 saturated heterocycles. The van der Waals surface area contributed by atoms with Gasteiger partial charge in [0, 0.05) is 40.2 Å². The number of aryl methyl sites for hydroxylation is 2. The van der Waals surface area contributed by atoms with Crippen molar-refractivity contribution in [1.82, 2.24) is 25.1 Å². The minimum Gasteiger partial charge on any atom is -0.372 e. The number of hydrogen-bond donors (Lipinski definition) is 2. The van der Waals surface area contributed by atoms with E-state index in [0.29, 0.717) is 43.7 Å². The number of aromatic nitrogens is 5. The van der Waals surface area contributed by atoms with E-state index in [0.717, 1.165) is 18.7 Å². The largest absolute Gasteiger partial charge is 0.372 e. The first-order valence-electron chi connectivity index (χ1n) is 10.2. The number of hydrogen-bond acceptors (Lipinski definition) is 8. The molecule has 4 aromatic heterocycles. The summed E-state index contributed by atoms with van der Waals surface area (Å²) in [6, 6.07) is 1.64. The highest BCUT2D eigenvalue weighted by Crippen LogP contribution is 2.46. The van der Waals surface area contributed by atoms with Crippen molar-refractivity contribution in [3.63, 3.8) is 0 Å². The fraction of sp³-hybridized carbons (Fsp3) is 0.273. The highest BCUT2D eigenvalue weighted by atomic mass is 32.1. The van der Waals surface area contributed by atoms with Crippen LogP contribution in [-0.2, 0) is 5.60 Å². The molecular weight excluding hydrogens is 449 g/mol. The average Bonchev–Trinajstić information content (AvgIpc) is 3.27. The normalized spacial score (nSPS) is 14.5. The zero-order valence-electron chi connectivity index (χ0n) is 17.2. The summed E-state index contributed by atoms with van der Waals surface area (Å²) in [5.74, 6) is 1.07. The number of aliphatic hydroxyl groups is 1. The Kier molecular flexibility index (Phi) is 4.33. The van der Waals surface area contributed by atoms with Gasteiger partial charge in [0.2, 0.25) is 0 Å². The molecule has 2 N–H and O–H groups in total. The van der Waals surface area contributed by atoms with Crippen LogP contribution in [0.15, 0.2) is 33.7 Å². The summed E-state index contributed by atoms with van der Waals surface area (Å²) in [5.41, 5.74) is 0.810. The predicted molar refractivity (Wildman–Crippen MR) is 119 cm³/mol. The molecule has 0 amide bonds. The van der Waals surface area contributed by atoms with Crippen LogP contribution >= 0.6 is 22.7 Å². The summed E-state index contributed by atoms with van der Waals surface area (Å²) in [4.78, 5) is 16.7. The fourth-order valence-corrected chi connectivity index (χ4v) is 5.72. The lowest BCUT2D eigenvalue weighted by atomic mass is 9.89. The zero-order valence-corrected chi connectivity index (χ0v) is 18.9. The van der Waals surface area contributed by atoms with E-state index >= 15 is 4.39 Å². The van der Waals surface area contributed by atoms with Crippen molar-refractivity contribution in [3.05, 3.63) is 67.9 Å². The SMILES string of the molecule is Cc1noc(C)c1-c1cc(C(O)(c2nccs2)c2nccs2)c2nc(C3CC3)[nH]c2c1F. The molecule has 6 rings (SSSR count). The quantitative estimate of drug-likeness (QED) is 0.375. The fourth-order valence-electron chi connectivity index (χ4n) is 4.16. The lowest BCUT2D eigenvalue weighted by Crippen LogP contribution is -2.29. The standard InChI is InChI=1S/C22H18FN5O2S2/c1-10-15(11(2)30-28-10)13-9-14(17-18(16(13)23)27-19(26-17)12-3-4-12)22(29,20-24-5-7-31-20)21-25-6-8-32-21/h5-9,12,29H,3-4H2,1-2H3,(H,26,27). The molecule has 0 radical (unpaired) electrons. The van der Waals surface area contributed by atoms with Gasteiger partial charge in [0.05, 0.1) is 16.8 Å². The van der Waals surface area contributed by atoms with Crippen molar-refractivity contribution in [3.8, 4) is 11.1 Å². The Balaban J connectivity index is 1.73. The van der Waals surface area contributed by atoms with Crippen LogP contribution in [0.4, 0.5) is 4.39 Å². The van der Waals surface area contributed by atoms with Crippen LogP contribution < -0.4 is 0 Å². The highest BCUT2D eigenvalue weighted by Gasteiger charge is 2.43. The van der Waals surface area contributed by atoms with E-state index in [4.69, 9.17) is 9.51 Å². The number of nitrogens with one attached hydrogen (secondary N) is 1. The molecule has 1 saturated carbocycles. The van der Waals surface area contributed by atoms with Gasteiger partial charge in [-0.1, -0.05) is 5.16 Å². The second-order valence-electron chi connectivity index (χ2n) is 7.99. The van der Waals surface area contributed by atoms with E-state index in [9.17, 15) is 5.11 Å². The monoisotopic (exact) mass is 467 g/mol. The van der Waals surface area contributed by atoms with E-state index < -0.39 is 11.4 Å². The Morgan fingerprint density at radius 3 is 2.38 bits per heavy atom. The molecule has 162 valence electrons. The number of aromatic amines is 1. The maximum Gasteiger partial charge on any atom is 0.195 e. The van der Waals surface area contributed by atoms with Gasteiger partial charge in [-0.05, 0) is 32.8 Å². The second kappa shape index (κ2) is 7.03. The Labute approximate surface area is 190 Å². The molecule has 5 aromatic rings. The molecular formula is C22H18FN5O2S2. The zero-order chi connectivity index (χ0) is 22.0. The number of benzene rings is 1. The third-order valence-corrected chi connectivity index (χ3v) is 7.63. The third-order valence-electron chi connectivity index (χ3n) is 5.86. The molecule has 0 aliphatic heterocycles. The molecule has 0 bridgehead atoms. The summed E-state index contributed by atoms with van der Waals surface area (Å²) < 4.78 is 21.2. The first-order chi connectivity index (χ1) is 15.5. The van der Waals surface area contributed by atoms with Crippen molar-refractivity contribution in [2.75, 3.05) is 0 Å².